The largest absolute Gasteiger partial charge is 0.356 e. The topological polar surface area (TPSA) is 29.1 Å². The molecule has 0 saturated carbocycles. The molecule has 0 aliphatic heterocycles. The van der Waals surface area contributed by atoms with E-state index < -0.39 is 0 Å². The SMILES string of the molecule is CCCSCCCCC(=O)NCCC(C)(C)C. The lowest BCUT2D eigenvalue weighted by Crippen LogP contribution is -2.26. The van der Waals surface area contributed by atoms with Crippen LogP contribution in [-0.4, -0.2) is 24.0 Å². The quantitative estimate of drug-likeness (QED) is 0.637. The highest BCUT2D eigenvalue weighted by atomic mass is 32.2. The van der Waals surface area contributed by atoms with E-state index in [1.165, 1.54) is 17.9 Å². The van der Waals surface area contributed by atoms with Gasteiger partial charge in [-0.3, -0.25) is 4.79 Å². The lowest BCUT2D eigenvalue weighted by Gasteiger charge is -2.17. The number of hydrogen-bond acceptors (Lipinski definition) is 2. The van der Waals surface area contributed by atoms with E-state index in [9.17, 15) is 4.79 Å². The van der Waals surface area contributed by atoms with Crippen molar-refractivity contribution in [2.75, 3.05) is 18.1 Å². The normalized spacial score (nSPS) is 11.5. The van der Waals surface area contributed by atoms with Crippen molar-refractivity contribution in [1.29, 1.82) is 0 Å². The van der Waals surface area contributed by atoms with Crippen LogP contribution in [0.2, 0.25) is 0 Å². The highest BCUT2D eigenvalue weighted by Gasteiger charge is 2.10. The Labute approximate surface area is 111 Å². The van der Waals surface area contributed by atoms with Crippen molar-refractivity contribution in [1.82, 2.24) is 5.32 Å². The van der Waals surface area contributed by atoms with Crippen molar-refractivity contribution >= 4 is 17.7 Å². The molecule has 1 N–H and O–H groups in total. The molecule has 17 heavy (non-hydrogen) atoms. The fourth-order valence-corrected chi connectivity index (χ4v) is 2.30. The average Bonchev–Trinajstić information content (AvgIpc) is 2.21. The smallest absolute Gasteiger partial charge is 0.219 e. The second-order valence-corrected chi connectivity index (χ2v) is 6.95. The first-order chi connectivity index (χ1) is 7.95. The van der Waals surface area contributed by atoms with Gasteiger partial charge in [-0.15, -0.1) is 0 Å². The van der Waals surface area contributed by atoms with E-state index in [0.29, 0.717) is 11.8 Å². The minimum atomic E-state index is 0.217. The summed E-state index contributed by atoms with van der Waals surface area (Å²) in [5.41, 5.74) is 0.310. The van der Waals surface area contributed by atoms with Crippen molar-refractivity contribution < 1.29 is 4.79 Å². The summed E-state index contributed by atoms with van der Waals surface area (Å²) in [6, 6.07) is 0. The molecule has 0 aromatic carbocycles. The Morgan fingerprint density at radius 2 is 1.88 bits per heavy atom. The summed E-state index contributed by atoms with van der Waals surface area (Å²) in [4.78, 5) is 11.5. The van der Waals surface area contributed by atoms with Gasteiger partial charge in [-0.1, -0.05) is 27.7 Å². The van der Waals surface area contributed by atoms with Crippen LogP contribution < -0.4 is 5.32 Å². The molecule has 0 aromatic rings. The number of rotatable bonds is 9. The molecule has 0 aliphatic carbocycles. The van der Waals surface area contributed by atoms with Crippen LogP contribution in [0.1, 0.15) is 59.8 Å². The van der Waals surface area contributed by atoms with Crippen molar-refractivity contribution in [3.63, 3.8) is 0 Å². The van der Waals surface area contributed by atoms with E-state index >= 15 is 0 Å². The van der Waals surface area contributed by atoms with Crippen molar-refractivity contribution in [3.05, 3.63) is 0 Å². The maximum absolute atomic E-state index is 11.5. The molecular formula is C14H29NOS. The van der Waals surface area contributed by atoms with Gasteiger partial charge in [-0.05, 0) is 42.6 Å². The van der Waals surface area contributed by atoms with Gasteiger partial charge in [0.05, 0.1) is 0 Å². The molecule has 0 saturated heterocycles. The van der Waals surface area contributed by atoms with E-state index in [1.54, 1.807) is 0 Å². The van der Waals surface area contributed by atoms with E-state index in [2.05, 4.69) is 33.0 Å². The number of nitrogens with one attached hydrogen (secondary N) is 1. The van der Waals surface area contributed by atoms with E-state index in [4.69, 9.17) is 0 Å². The Balaban J connectivity index is 3.29. The fourth-order valence-electron chi connectivity index (χ4n) is 1.40. The third kappa shape index (κ3) is 13.8. The van der Waals surface area contributed by atoms with Gasteiger partial charge in [0.2, 0.25) is 5.91 Å². The van der Waals surface area contributed by atoms with E-state index in [-0.39, 0.29) is 5.91 Å². The molecule has 0 radical (unpaired) electrons. The number of carbonyl (C=O) groups is 1. The monoisotopic (exact) mass is 259 g/mol. The molecule has 0 unspecified atom stereocenters. The molecule has 0 spiro atoms. The van der Waals surface area contributed by atoms with Crippen molar-refractivity contribution in [2.24, 2.45) is 5.41 Å². The van der Waals surface area contributed by atoms with Gasteiger partial charge < -0.3 is 5.32 Å². The molecule has 2 nitrogen and oxygen atoms in total. The Bertz CT molecular complexity index is 199. The minimum absolute atomic E-state index is 0.217. The zero-order valence-electron chi connectivity index (χ0n) is 12.0. The van der Waals surface area contributed by atoms with Crippen LogP contribution in [0, 0.1) is 5.41 Å². The lowest BCUT2D eigenvalue weighted by molar-refractivity contribution is -0.121. The van der Waals surface area contributed by atoms with Gasteiger partial charge in [0.15, 0.2) is 0 Å². The summed E-state index contributed by atoms with van der Waals surface area (Å²) in [7, 11) is 0. The molecule has 0 aromatic heterocycles. The average molecular weight is 259 g/mol. The predicted octanol–water partition coefficient (Wildman–Crippen LogP) is 3.85. The van der Waals surface area contributed by atoms with Gasteiger partial charge in [0.1, 0.15) is 0 Å². The van der Waals surface area contributed by atoms with Crippen LogP contribution in [-0.2, 0) is 4.79 Å². The third-order valence-corrected chi connectivity index (χ3v) is 3.76. The first-order valence-corrected chi connectivity index (χ1v) is 7.95. The van der Waals surface area contributed by atoms with Crippen LogP contribution in [0.3, 0.4) is 0 Å². The highest BCUT2D eigenvalue weighted by molar-refractivity contribution is 7.99. The molecule has 3 heteroatoms. The molecule has 0 bridgehead atoms. The van der Waals surface area contributed by atoms with Crippen LogP contribution in [0.15, 0.2) is 0 Å². The van der Waals surface area contributed by atoms with Gasteiger partial charge in [-0.25, -0.2) is 0 Å². The van der Waals surface area contributed by atoms with Gasteiger partial charge in [-0.2, -0.15) is 11.8 Å². The Kier molecular flexibility index (Phi) is 9.71. The summed E-state index contributed by atoms with van der Waals surface area (Å²) >= 11 is 1.99. The summed E-state index contributed by atoms with van der Waals surface area (Å²) < 4.78 is 0. The Morgan fingerprint density at radius 3 is 2.47 bits per heavy atom. The molecule has 0 aliphatic rings. The number of unbranched alkanes of at least 4 members (excludes halogenated alkanes) is 1. The van der Waals surface area contributed by atoms with Crippen LogP contribution in [0.5, 0.6) is 0 Å². The standard InChI is InChI=1S/C14H29NOS/c1-5-11-17-12-7-6-8-13(16)15-10-9-14(2,3)4/h5-12H2,1-4H3,(H,15,16). The number of carbonyl (C=O) groups excluding carboxylic acids is 1. The predicted molar refractivity (Wildman–Crippen MR) is 78.5 cm³/mol. The van der Waals surface area contributed by atoms with Crippen LogP contribution in [0.4, 0.5) is 0 Å². The molecule has 0 rings (SSSR count). The van der Waals surface area contributed by atoms with Gasteiger partial charge in [0, 0.05) is 13.0 Å². The molecule has 0 atom stereocenters. The molecule has 0 heterocycles. The third-order valence-electron chi connectivity index (χ3n) is 2.49. The summed E-state index contributed by atoms with van der Waals surface area (Å²) in [5, 5.41) is 3.00. The van der Waals surface area contributed by atoms with Crippen molar-refractivity contribution in [2.45, 2.75) is 59.8 Å². The van der Waals surface area contributed by atoms with Crippen LogP contribution >= 0.6 is 11.8 Å². The first kappa shape index (κ1) is 16.8. The van der Waals surface area contributed by atoms with Crippen molar-refractivity contribution in [3.8, 4) is 0 Å². The van der Waals surface area contributed by atoms with Gasteiger partial charge >= 0.3 is 0 Å². The maximum Gasteiger partial charge on any atom is 0.219 e. The van der Waals surface area contributed by atoms with E-state index in [1.807, 2.05) is 11.8 Å². The molecule has 102 valence electrons. The number of amides is 1. The summed E-state index contributed by atoms with van der Waals surface area (Å²) in [6.45, 7) is 9.61. The lowest BCUT2D eigenvalue weighted by atomic mass is 9.92. The van der Waals surface area contributed by atoms with Crippen LogP contribution in [0.25, 0.3) is 0 Å². The molecular weight excluding hydrogens is 230 g/mol. The fraction of sp³-hybridized carbons (Fsp3) is 0.929. The number of hydrogen-bond donors (Lipinski definition) is 1. The van der Waals surface area contributed by atoms with E-state index in [0.717, 1.165) is 25.8 Å². The maximum atomic E-state index is 11.5. The van der Waals surface area contributed by atoms with Gasteiger partial charge in [0.25, 0.3) is 0 Å². The molecule has 1 amide bonds. The number of thioether (sulfide) groups is 1. The Hall–Kier alpha value is -0.180. The zero-order chi connectivity index (χ0) is 13.1. The summed E-state index contributed by atoms with van der Waals surface area (Å²) in [5.74, 6) is 2.66. The second kappa shape index (κ2) is 9.81. The Morgan fingerprint density at radius 1 is 1.18 bits per heavy atom. The molecule has 0 fully saturated rings. The zero-order valence-corrected chi connectivity index (χ0v) is 12.8. The second-order valence-electron chi connectivity index (χ2n) is 5.73. The minimum Gasteiger partial charge on any atom is -0.356 e. The highest BCUT2D eigenvalue weighted by Crippen LogP contribution is 2.16. The first-order valence-electron chi connectivity index (χ1n) is 6.80. The summed E-state index contributed by atoms with van der Waals surface area (Å²) in [6.07, 6.45) is 5.18.